The highest BCUT2D eigenvalue weighted by Gasteiger charge is 2.25. The van der Waals surface area contributed by atoms with Crippen molar-refractivity contribution in [2.45, 2.75) is 51.0 Å². The number of anilines is 1. The zero-order valence-corrected chi connectivity index (χ0v) is 16.5. The average molecular weight is 419 g/mol. The van der Waals surface area contributed by atoms with Gasteiger partial charge >= 0.3 is 0 Å². The van der Waals surface area contributed by atoms with E-state index in [1.165, 1.54) is 6.07 Å². The number of hydrogen-bond acceptors (Lipinski definition) is 4. The molecule has 2 rings (SSSR count). The van der Waals surface area contributed by atoms with Crippen molar-refractivity contribution in [3.63, 3.8) is 0 Å². The minimum atomic E-state index is -3.68. The van der Waals surface area contributed by atoms with Gasteiger partial charge in [0.1, 0.15) is 5.75 Å². The van der Waals surface area contributed by atoms with Crippen molar-refractivity contribution in [3.05, 3.63) is 16.6 Å². The lowest BCUT2D eigenvalue weighted by Gasteiger charge is -2.20. The number of nitrogens with one attached hydrogen (secondary N) is 2. The van der Waals surface area contributed by atoms with Crippen molar-refractivity contribution in [1.29, 1.82) is 0 Å². The van der Waals surface area contributed by atoms with Crippen LogP contribution in [0.15, 0.2) is 21.5 Å². The molecule has 1 aliphatic heterocycles. The van der Waals surface area contributed by atoms with Crippen LogP contribution in [0, 0.1) is 5.92 Å². The number of ether oxygens (including phenoxy) is 1. The molecule has 2 N–H and O–H groups in total. The van der Waals surface area contributed by atoms with E-state index in [9.17, 15) is 13.2 Å². The standard InChI is InChI=1S/C16H23BrN2O4S/c1-10(2)5-4-6-11(3)19-24(21,22)15-8-14-13(7-12(15)17)18-16(20)9-23-14/h7-8,10-11,19H,4-6,9H2,1-3H3,(H,18,20)/t11-/m1/s1. The molecule has 8 heteroatoms. The second-order valence-corrected chi connectivity index (χ2v) is 9.00. The minimum Gasteiger partial charge on any atom is -0.482 e. The molecule has 1 amide bonds. The van der Waals surface area contributed by atoms with Gasteiger partial charge in [-0.3, -0.25) is 4.79 Å². The third kappa shape index (κ3) is 4.94. The quantitative estimate of drug-likeness (QED) is 0.711. The van der Waals surface area contributed by atoms with E-state index in [2.05, 4.69) is 39.8 Å². The molecular formula is C16H23BrN2O4S. The van der Waals surface area contributed by atoms with Crippen molar-refractivity contribution in [3.8, 4) is 5.75 Å². The zero-order chi connectivity index (χ0) is 17.9. The van der Waals surface area contributed by atoms with Crippen LogP contribution < -0.4 is 14.8 Å². The van der Waals surface area contributed by atoms with Crippen LogP contribution in [0.5, 0.6) is 5.75 Å². The molecule has 0 radical (unpaired) electrons. The van der Waals surface area contributed by atoms with Crippen molar-refractivity contribution >= 4 is 37.5 Å². The van der Waals surface area contributed by atoms with Crippen molar-refractivity contribution < 1.29 is 17.9 Å². The van der Waals surface area contributed by atoms with E-state index in [4.69, 9.17) is 4.74 Å². The SMILES string of the molecule is CC(C)CCC[C@@H](C)NS(=O)(=O)c1cc2c(cc1Br)NC(=O)CO2. The summed E-state index contributed by atoms with van der Waals surface area (Å²) in [6, 6.07) is 2.82. The predicted molar refractivity (Wildman–Crippen MR) is 96.7 cm³/mol. The fourth-order valence-corrected chi connectivity index (χ4v) is 4.84. The monoisotopic (exact) mass is 418 g/mol. The molecule has 0 fully saturated rings. The summed E-state index contributed by atoms with van der Waals surface area (Å²) in [5.41, 5.74) is 0.460. The first-order chi connectivity index (χ1) is 11.2. The van der Waals surface area contributed by atoms with Crippen LogP contribution in [0.25, 0.3) is 0 Å². The lowest BCUT2D eigenvalue weighted by atomic mass is 10.0. The molecule has 0 aliphatic carbocycles. The lowest BCUT2D eigenvalue weighted by Crippen LogP contribution is -2.33. The van der Waals surface area contributed by atoms with Crippen LogP contribution in [0.4, 0.5) is 5.69 Å². The fourth-order valence-electron chi connectivity index (χ4n) is 2.51. The number of amides is 1. The second kappa shape index (κ2) is 7.84. The summed E-state index contributed by atoms with van der Waals surface area (Å²) in [7, 11) is -3.68. The van der Waals surface area contributed by atoms with Crippen molar-refractivity contribution in [1.82, 2.24) is 4.72 Å². The average Bonchev–Trinajstić information content (AvgIpc) is 2.45. The van der Waals surface area contributed by atoms with Crippen LogP contribution in [-0.4, -0.2) is 27.0 Å². The number of carbonyl (C=O) groups is 1. The molecule has 1 aromatic rings. The highest BCUT2D eigenvalue weighted by Crippen LogP contribution is 2.35. The molecule has 1 aromatic carbocycles. The lowest BCUT2D eigenvalue weighted by molar-refractivity contribution is -0.118. The van der Waals surface area contributed by atoms with Gasteiger partial charge in [0.2, 0.25) is 10.0 Å². The first-order valence-corrected chi connectivity index (χ1v) is 10.2. The third-order valence-corrected chi connectivity index (χ3v) is 6.28. The highest BCUT2D eigenvalue weighted by molar-refractivity contribution is 9.10. The molecule has 24 heavy (non-hydrogen) atoms. The topological polar surface area (TPSA) is 84.5 Å². The number of halogens is 1. The zero-order valence-electron chi connectivity index (χ0n) is 14.1. The molecule has 0 bridgehead atoms. The van der Waals surface area contributed by atoms with Gasteiger partial charge in [-0.25, -0.2) is 13.1 Å². The molecule has 134 valence electrons. The Labute approximate surface area is 151 Å². The fraction of sp³-hybridized carbons (Fsp3) is 0.562. The molecule has 0 saturated heterocycles. The Morgan fingerprint density at radius 1 is 1.29 bits per heavy atom. The summed E-state index contributed by atoms with van der Waals surface area (Å²) >= 11 is 3.27. The molecule has 0 saturated carbocycles. The van der Waals surface area contributed by atoms with Gasteiger partial charge in [-0.1, -0.05) is 26.7 Å². The summed E-state index contributed by atoms with van der Waals surface area (Å²) in [5, 5.41) is 2.65. The van der Waals surface area contributed by atoms with Crippen molar-refractivity contribution in [2.75, 3.05) is 11.9 Å². The molecule has 1 heterocycles. The van der Waals surface area contributed by atoms with Gasteiger partial charge < -0.3 is 10.1 Å². The Morgan fingerprint density at radius 3 is 2.67 bits per heavy atom. The van der Waals surface area contributed by atoms with E-state index in [0.29, 0.717) is 21.8 Å². The first kappa shape index (κ1) is 19.2. The molecule has 1 atom stereocenters. The van der Waals surface area contributed by atoms with E-state index in [0.717, 1.165) is 19.3 Å². The molecule has 1 aliphatic rings. The number of sulfonamides is 1. The Kier molecular flexibility index (Phi) is 6.28. The molecule has 0 spiro atoms. The van der Waals surface area contributed by atoms with Crippen LogP contribution in [0.3, 0.4) is 0 Å². The maximum absolute atomic E-state index is 12.6. The van der Waals surface area contributed by atoms with Gasteiger partial charge in [-0.15, -0.1) is 0 Å². The Bertz CT molecular complexity index is 719. The maximum Gasteiger partial charge on any atom is 0.262 e. The summed E-state index contributed by atoms with van der Waals surface area (Å²) in [6.07, 6.45) is 2.83. The number of hydrogen-bond donors (Lipinski definition) is 2. The number of rotatable bonds is 7. The van der Waals surface area contributed by atoms with Gasteiger partial charge in [0.25, 0.3) is 5.91 Å². The Balaban J connectivity index is 2.13. The van der Waals surface area contributed by atoms with Gasteiger partial charge in [-0.2, -0.15) is 0 Å². The van der Waals surface area contributed by atoms with Gasteiger partial charge in [0.15, 0.2) is 6.61 Å². The third-order valence-electron chi connectivity index (χ3n) is 3.73. The minimum absolute atomic E-state index is 0.105. The normalized spacial score (nSPS) is 15.6. The van der Waals surface area contributed by atoms with Gasteiger partial charge in [0.05, 0.1) is 10.6 Å². The van der Waals surface area contributed by atoms with Crippen molar-refractivity contribution in [2.24, 2.45) is 5.92 Å². The highest BCUT2D eigenvalue weighted by atomic mass is 79.9. The van der Waals surface area contributed by atoms with Gasteiger partial charge in [-0.05, 0) is 41.3 Å². The molecule has 0 unspecified atom stereocenters. The summed E-state index contributed by atoms with van der Waals surface area (Å²) in [6.45, 7) is 6.05. The maximum atomic E-state index is 12.6. The Morgan fingerprint density at radius 2 is 2.00 bits per heavy atom. The Hall–Kier alpha value is -1.12. The van der Waals surface area contributed by atoms with Crippen LogP contribution in [0.2, 0.25) is 0 Å². The van der Waals surface area contributed by atoms with E-state index >= 15 is 0 Å². The summed E-state index contributed by atoms with van der Waals surface area (Å²) in [5.74, 6) is 0.698. The summed E-state index contributed by atoms with van der Waals surface area (Å²) in [4.78, 5) is 11.4. The summed E-state index contributed by atoms with van der Waals surface area (Å²) < 4.78 is 33.6. The molecular weight excluding hydrogens is 396 g/mol. The van der Waals surface area contributed by atoms with Crippen LogP contribution in [0.1, 0.15) is 40.0 Å². The number of benzene rings is 1. The van der Waals surface area contributed by atoms with Crippen LogP contribution >= 0.6 is 15.9 Å². The largest absolute Gasteiger partial charge is 0.482 e. The number of carbonyl (C=O) groups excluding carboxylic acids is 1. The predicted octanol–water partition coefficient (Wildman–Crippen LogP) is 3.27. The van der Waals surface area contributed by atoms with Crippen LogP contribution in [-0.2, 0) is 14.8 Å². The van der Waals surface area contributed by atoms with E-state index in [1.807, 2.05) is 6.92 Å². The molecule has 6 nitrogen and oxygen atoms in total. The second-order valence-electron chi connectivity index (χ2n) is 6.46. The van der Waals surface area contributed by atoms with E-state index < -0.39 is 10.0 Å². The molecule has 0 aromatic heterocycles. The number of fused-ring (bicyclic) bond motifs is 1. The smallest absolute Gasteiger partial charge is 0.262 e. The van der Waals surface area contributed by atoms with Gasteiger partial charge in [0, 0.05) is 16.6 Å². The van der Waals surface area contributed by atoms with E-state index in [-0.39, 0.29) is 23.5 Å². The van der Waals surface area contributed by atoms with E-state index in [1.54, 1.807) is 6.07 Å². The first-order valence-electron chi connectivity index (χ1n) is 7.97.